The summed E-state index contributed by atoms with van der Waals surface area (Å²) in [5.74, 6) is -0.278. The Bertz CT molecular complexity index is 1010. The number of aliphatic hydroxyl groups excluding tert-OH is 1. The summed E-state index contributed by atoms with van der Waals surface area (Å²) in [7, 11) is -3.68. The van der Waals surface area contributed by atoms with Gasteiger partial charge in [-0.3, -0.25) is 8.96 Å². The van der Waals surface area contributed by atoms with E-state index >= 15 is 0 Å². The molecule has 0 radical (unpaired) electrons. The number of nitrogens with zero attached hydrogens (tertiary/aromatic N) is 2. The number of pyridine rings is 1. The Morgan fingerprint density at radius 1 is 1.19 bits per heavy atom. The fourth-order valence-electron chi connectivity index (χ4n) is 2.31. The van der Waals surface area contributed by atoms with Crippen LogP contribution < -0.4 is 5.32 Å². The quantitative estimate of drug-likeness (QED) is 0.604. The van der Waals surface area contributed by atoms with E-state index in [9.17, 15) is 13.5 Å². The summed E-state index contributed by atoms with van der Waals surface area (Å²) < 4.78 is 26.2. The Hall–Kier alpha value is -2.06. The van der Waals surface area contributed by atoms with Crippen LogP contribution in [-0.4, -0.2) is 22.5 Å². The van der Waals surface area contributed by atoms with Crippen molar-refractivity contribution < 1.29 is 13.5 Å². The van der Waals surface area contributed by atoms with Gasteiger partial charge >= 0.3 is 0 Å². The lowest BCUT2D eigenvalue weighted by atomic mass is 10.2. The fourth-order valence-corrected chi connectivity index (χ4v) is 4.18. The van der Waals surface area contributed by atoms with Gasteiger partial charge in [-0.25, -0.2) is 8.42 Å². The number of aliphatic hydroxyl groups is 1. The van der Waals surface area contributed by atoms with E-state index in [0.717, 1.165) is 3.97 Å². The maximum atomic E-state index is 12.6. The van der Waals surface area contributed by atoms with Crippen molar-refractivity contribution >= 4 is 38.9 Å². The van der Waals surface area contributed by atoms with Gasteiger partial charge in [-0.2, -0.15) is 0 Å². The molecule has 0 aliphatic carbocycles. The zero-order valence-electron chi connectivity index (χ0n) is 13.4. The standard InChI is InChI=1S/C17H15Cl2N3O3S/c18-13-5-4-12(15(19)9-13)11-26(24,25)22-8-6-14(10-22)21-17(23)16-3-1-2-7-20-16/h1-10,17,21,23H,11H2. The van der Waals surface area contributed by atoms with E-state index < -0.39 is 16.3 Å². The second kappa shape index (κ2) is 7.67. The number of rotatable bonds is 6. The molecule has 136 valence electrons. The normalized spacial score (nSPS) is 12.7. The van der Waals surface area contributed by atoms with E-state index in [4.69, 9.17) is 23.2 Å². The van der Waals surface area contributed by atoms with Crippen molar-refractivity contribution in [3.8, 4) is 0 Å². The number of benzene rings is 1. The average Bonchev–Trinajstić information content (AvgIpc) is 3.08. The van der Waals surface area contributed by atoms with Crippen molar-refractivity contribution in [3.63, 3.8) is 0 Å². The number of aromatic nitrogens is 2. The van der Waals surface area contributed by atoms with Crippen LogP contribution in [0.4, 0.5) is 5.69 Å². The minimum Gasteiger partial charge on any atom is -0.368 e. The molecule has 9 heteroatoms. The maximum absolute atomic E-state index is 12.6. The molecule has 0 spiro atoms. The SMILES string of the molecule is O=S(=O)(Cc1ccc(Cl)cc1Cl)n1ccc(NC(O)c2ccccn2)c1. The highest BCUT2D eigenvalue weighted by atomic mass is 35.5. The monoisotopic (exact) mass is 411 g/mol. The Morgan fingerprint density at radius 3 is 2.69 bits per heavy atom. The minimum absolute atomic E-state index is 0.278. The van der Waals surface area contributed by atoms with Gasteiger partial charge in [0.1, 0.15) is 0 Å². The molecule has 2 aromatic heterocycles. The van der Waals surface area contributed by atoms with E-state index in [1.807, 2.05) is 0 Å². The topological polar surface area (TPSA) is 84.2 Å². The molecule has 1 atom stereocenters. The molecule has 1 unspecified atom stereocenters. The Labute approximate surface area is 161 Å². The third kappa shape index (κ3) is 4.37. The van der Waals surface area contributed by atoms with Crippen LogP contribution in [-0.2, 0) is 15.8 Å². The summed E-state index contributed by atoms with van der Waals surface area (Å²) in [6, 6.07) is 11.4. The van der Waals surface area contributed by atoms with Crippen LogP contribution in [0, 0.1) is 0 Å². The lowest BCUT2D eigenvalue weighted by molar-refractivity contribution is 0.203. The first-order valence-electron chi connectivity index (χ1n) is 7.56. The zero-order chi connectivity index (χ0) is 18.7. The lowest BCUT2D eigenvalue weighted by Crippen LogP contribution is -2.14. The molecule has 26 heavy (non-hydrogen) atoms. The molecule has 3 aromatic rings. The predicted octanol–water partition coefficient (Wildman–Crippen LogP) is 3.67. The molecule has 3 rings (SSSR count). The summed E-state index contributed by atoms with van der Waals surface area (Å²) in [4.78, 5) is 4.04. The third-order valence-electron chi connectivity index (χ3n) is 3.61. The largest absolute Gasteiger partial charge is 0.368 e. The van der Waals surface area contributed by atoms with Gasteiger partial charge in [-0.1, -0.05) is 35.3 Å². The number of hydrogen-bond donors (Lipinski definition) is 2. The second-order valence-corrected chi connectivity index (χ2v) is 8.24. The molecule has 2 heterocycles. The van der Waals surface area contributed by atoms with Crippen LogP contribution in [0.25, 0.3) is 0 Å². The van der Waals surface area contributed by atoms with Crippen molar-refractivity contribution in [1.29, 1.82) is 0 Å². The highest BCUT2D eigenvalue weighted by Gasteiger charge is 2.17. The molecule has 6 nitrogen and oxygen atoms in total. The van der Waals surface area contributed by atoms with Crippen LogP contribution in [0.3, 0.4) is 0 Å². The molecule has 0 fully saturated rings. The van der Waals surface area contributed by atoms with E-state index in [2.05, 4.69) is 10.3 Å². The Morgan fingerprint density at radius 2 is 2.00 bits per heavy atom. The summed E-state index contributed by atoms with van der Waals surface area (Å²) in [6.45, 7) is 0. The number of hydrogen-bond acceptors (Lipinski definition) is 5. The highest BCUT2D eigenvalue weighted by Crippen LogP contribution is 2.24. The molecule has 0 saturated carbocycles. The number of halogens is 2. The van der Waals surface area contributed by atoms with E-state index in [-0.39, 0.29) is 10.8 Å². The van der Waals surface area contributed by atoms with E-state index in [1.165, 1.54) is 18.5 Å². The van der Waals surface area contributed by atoms with Crippen molar-refractivity contribution in [2.45, 2.75) is 12.0 Å². The summed E-state index contributed by atoms with van der Waals surface area (Å²) in [5, 5.41) is 13.6. The maximum Gasteiger partial charge on any atom is 0.242 e. The lowest BCUT2D eigenvalue weighted by Gasteiger charge is -2.12. The molecule has 0 aliphatic heterocycles. The zero-order valence-corrected chi connectivity index (χ0v) is 15.7. The molecular formula is C17H15Cl2N3O3S. The van der Waals surface area contributed by atoms with Crippen molar-refractivity contribution in [2.75, 3.05) is 5.32 Å². The smallest absolute Gasteiger partial charge is 0.242 e. The number of anilines is 1. The van der Waals surface area contributed by atoms with Crippen LogP contribution in [0.2, 0.25) is 10.0 Å². The molecule has 2 N–H and O–H groups in total. The predicted molar refractivity (Wildman–Crippen MR) is 102 cm³/mol. The fraction of sp³-hybridized carbons (Fsp3) is 0.118. The summed E-state index contributed by atoms with van der Waals surface area (Å²) in [5.41, 5.74) is 1.32. The second-order valence-electron chi connectivity index (χ2n) is 5.52. The third-order valence-corrected chi connectivity index (χ3v) is 5.75. The van der Waals surface area contributed by atoms with E-state index in [1.54, 1.807) is 42.6 Å². The van der Waals surface area contributed by atoms with Crippen LogP contribution in [0.15, 0.2) is 61.1 Å². The molecular weight excluding hydrogens is 397 g/mol. The van der Waals surface area contributed by atoms with Crippen LogP contribution in [0.1, 0.15) is 17.5 Å². The Kier molecular flexibility index (Phi) is 5.52. The van der Waals surface area contributed by atoms with Gasteiger partial charge in [0, 0.05) is 28.6 Å². The Balaban J connectivity index is 1.75. The molecule has 0 aliphatic rings. The average molecular weight is 412 g/mol. The number of nitrogens with one attached hydrogen (secondary N) is 1. The van der Waals surface area contributed by atoms with Gasteiger partial charge in [-0.05, 0) is 35.9 Å². The molecule has 1 aromatic carbocycles. The summed E-state index contributed by atoms with van der Waals surface area (Å²) >= 11 is 11.9. The minimum atomic E-state index is -3.68. The van der Waals surface area contributed by atoms with Gasteiger partial charge in [0.15, 0.2) is 6.23 Å². The summed E-state index contributed by atoms with van der Waals surface area (Å²) in [6.07, 6.45) is 3.28. The van der Waals surface area contributed by atoms with Gasteiger partial charge in [-0.15, -0.1) is 0 Å². The van der Waals surface area contributed by atoms with Crippen molar-refractivity contribution in [2.24, 2.45) is 0 Å². The van der Waals surface area contributed by atoms with Crippen molar-refractivity contribution in [1.82, 2.24) is 8.96 Å². The van der Waals surface area contributed by atoms with Crippen molar-refractivity contribution in [3.05, 3.63) is 82.4 Å². The molecule has 0 amide bonds. The van der Waals surface area contributed by atoms with Crippen LogP contribution in [0.5, 0.6) is 0 Å². The van der Waals surface area contributed by atoms with Gasteiger partial charge in [0.25, 0.3) is 0 Å². The first-order valence-corrected chi connectivity index (χ1v) is 9.92. The van der Waals surface area contributed by atoms with Crippen LogP contribution >= 0.6 is 23.2 Å². The highest BCUT2D eigenvalue weighted by molar-refractivity contribution is 7.89. The first kappa shape index (κ1) is 18.7. The molecule has 0 saturated heterocycles. The van der Waals surface area contributed by atoms with Gasteiger partial charge in [0.05, 0.1) is 17.1 Å². The first-order chi connectivity index (χ1) is 12.3. The van der Waals surface area contributed by atoms with Gasteiger partial charge in [0.2, 0.25) is 10.0 Å². The van der Waals surface area contributed by atoms with E-state index in [0.29, 0.717) is 22.0 Å². The van der Waals surface area contributed by atoms with Gasteiger partial charge < -0.3 is 10.4 Å². The molecule has 0 bridgehead atoms.